The highest BCUT2D eigenvalue weighted by atomic mass is 19.4. The van der Waals surface area contributed by atoms with E-state index in [9.17, 15) is 22.8 Å². The monoisotopic (exact) mass is 824 g/mol. The van der Waals surface area contributed by atoms with Crippen LogP contribution in [0.2, 0.25) is 0 Å². The average molecular weight is 825 g/mol. The molecule has 0 aliphatic heterocycles. The minimum Gasteiger partial charge on any atom is -0.460 e. The summed E-state index contributed by atoms with van der Waals surface area (Å²) in [4.78, 5) is 24.9. The van der Waals surface area contributed by atoms with Crippen molar-refractivity contribution < 1.29 is 60.7 Å². The van der Waals surface area contributed by atoms with E-state index < -0.39 is 23.8 Å². The zero-order valence-corrected chi connectivity index (χ0v) is 32.8. The molecule has 0 radical (unpaired) electrons. The lowest BCUT2D eigenvalue weighted by molar-refractivity contribution is -0.137. The summed E-state index contributed by atoms with van der Waals surface area (Å²) in [7, 11) is 0. The lowest BCUT2D eigenvalue weighted by atomic mass is 9.98. The Morgan fingerprint density at radius 1 is 0.559 bits per heavy atom. The standard InChI is InChI=1S/C44H51F3N2O10/c45-44(46,47)33-9-7-10-34(31-33)49-41-16-6-5-15-39(41)42(50)58-30-29-57-28-27-56-26-25-55-24-23-54-22-21-53-20-19-52-18-8-17-48-43(51)59-32-40-37-13-3-1-11-35(37)36-12-2-4-14-38(36)40/h1-7,9-16,31,40,49H,8,17-30,32H2,(H,48,51). The number of carbonyl (C=O) groups is 2. The number of nitrogens with one attached hydrogen (secondary N) is 2. The van der Waals surface area contributed by atoms with Crippen LogP contribution in [0.15, 0.2) is 97.1 Å². The van der Waals surface area contributed by atoms with E-state index in [1.54, 1.807) is 18.2 Å². The molecule has 0 atom stereocenters. The molecule has 0 heterocycles. The molecule has 59 heavy (non-hydrogen) atoms. The van der Waals surface area contributed by atoms with Gasteiger partial charge in [-0.25, -0.2) is 9.59 Å². The van der Waals surface area contributed by atoms with Crippen LogP contribution in [-0.4, -0.2) is 111 Å². The van der Waals surface area contributed by atoms with Crippen LogP contribution in [0.5, 0.6) is 0 Å². The molecule has 0 saturated heterocycles. The molecule has 0 bridgehead atoms. The maximum atomic E-state index is 13.1. The molecule has 5 rings (SSSR count). The predicted octanol–water partition coefficient (Wildman–Crippen LogP) is 7.63. The average Bonchev–Trinajstić information content (AvgIpc) is 3.56. The summed E-state index contributed by atoms with van der Waals surface area (Å²) >= 11 is 0. The van der Waals surface area contributed by atoms with E-state index in [1.165, 1.54) is 40.5 Å². The number of alkyl halides is 3. The van der Waals surface area contributed by atoms with Gasteiger partial charge in [0.15, 0.2) is 0 Å². The smallest absolute Gasteiger partial charge is 0.416 e. The number of hydrogen-bond donors (Lipinski definition) is 2. The zero-order valence-electron chi connectivity index (χ0n) is 32.8. The van der Waals surface area contributed by atoms with Crippen molar-refractivity contribution in [2.24, 2.45) is 0 Å². The third-order valence-corrected chi connectivity index (χ3v) is 9.02. The van der Waals surface area contributed by atoms with Crippen molar-refractivity contribution in [3.05, 3.63) is 119 Å². The summed E-state index contributed by atoms with van der Waals surface area (Å²) in [5.74, 6) is -0.604. The van der Waals surface area contributed by atoms with Gasteiger partial charge in [0.1, 0.15) is 13.2 Å². The summed E-state index contributed by atoms with van der Waals surface area (Å²) in [6.45, 7) is 5.33. The van der Waals surface area contributed by atoms with Gasteiger partial charge >= 0.3 is 18.2 Å². The van der Waals surface area contributed by atoms with Gasteiger partial charge in [0.25, 0.3) is 0 Å². The summed E-state index contributed by atoms with van der Waals surface area (Å²) in [5, 5.41) is 5.65. The van der Waals surface area contributed by atoms with Crippen molar-refractivity contribution in [3.63, 3.8) is 0 Å². The fourth-order valence-corrected chi connectivity index (χ4v) is 6.19. The largest absolute Gasteiger partial charge is 0.460 e. The summed E-state index contributed by atoms with van der Waals surface area (Å²) in [6, 6.07) is 27.6. The van der Waals surface area contributed by atoms with Gasteiger partial charge in [-0.15, -0.1) is 0 Å². The molecular formula is C44H51F3N2O10. The SMILES string of the molecule is O=C(NCCCOCCOCCOCCOCCOCCOCCOC(=O)c1ccccc1Nc1cccc(C(F)(F)F)c1)OCC1c2ccccc2-c2ccccc21. The summed E-state index contributed by atoms with van der Waals surface area (Å²) < 4.78 is 83.0. The second-order valence-electron chi connectivity index (χ2n) is 13.2. The number of para-hydroxylation sites is 1. The number of esters is 1. The lowest BCUT2D eigenvalue weighted by Crippen LogP contribution is -2.27. The summed E-state index contributed by atoms with van der Waals surface area (Å²) in [5.41, 5.74) is 4.64. The first-order valence-electron chi connectivity index (χ1n) is 19.6. The minimum atomic E-state index is -4.48. The highest BCUT2D eigenvalue weighted by molar-refractivity contribution is 5.96. The van der Waals surface area contributed by atoms with Gasteiger partial charge in [-0.05, 0) is 59.0 Å². The van der Waals surface area contributed by atoms with Crippen molar-refractivity contribution in [2.75, 3.05) is 104 Å². The zero-order chi connectivity index (χ0) is 41.5. The minimum absolute atomic E-state index is 0.00825. The lowest BCUT2D eigenvalue weighted by Gasteiger charge is -2.14. The van der Waals surface area contributed by atoms with Crippen LogP contribution in [0.3, 0.4) is 0 Å². The number of rotatable bonds is 27. The number of benzene rings is 4. The molecule has 0 spiro atoms. The Labute approximate surface area is 342 Å². The molecule has 0 saturated carbocycles. The molecule has 4 aromatic rings. The second kappa shape index (κ2) is 24.8. The first kappa shape index (κ1) is 45.1. The molecule has 0 aromatic heterocycles. The van der Waals surface area contributed by atoms with Gasteiger partial charge in [0, 0.05) is 24.8 Å². The van der Waals surface area contributed by atoms with Gasteiger partial charge < -0.3 is 48.5 Å². The number of amides is 1. The number of fused-ring (bicyclic) bond motifs is 3. The Morgan fingerprint density at radius 2 is 1.07 bits per heavy atom. The molecule has 2 N–H and O–H groups in total. The molecule has 1 aliphatic rings. The fourth-order valence-electron chi connectivity index (χ4n) is 6.19. The molecule has 0 unspecified atom stereocenters. The van der Waals surface area contributed by atoms with Crippen molar-refractivity contribution in [3.8, 4) is 11.1 Å². The normalized spacial score (nSPS) is 12.2. The fraction of sp³-hybridized carbons (Fsp3) is 0.409. The molecule has 12 nitrogen and oxygen atoms in total. The Balaban J connectivity index is 0.757. The van der Waals surface area contributed by atoms with Crippen molar-refractivity contribution >= 4 is 23.4 Å². The van der Waals surface area contributed by atoms with Crippen molar-refractivity contribution in [2.45, 2.75) is 18.5 Å². The highest BCUT2D eigenvalue weighted by Crippen LogP contribution is 2.44. The number of carbonyl (C=O) groups excluding carboxylic acids is 2. The van der Waals surface area contributed by atoms with Gasteiger partial charge in [-0.1, -0.05) is 66.7 Å². The number of anilines is 2. The Morgan fingerprint density at radius 3 is 1.64 bits per heavy atom. The summed E-state index contributed by atoms with van der Waals surface area (Å²) in [6.07, 6.45) is -4.26. The van der Waals surface area contributed by atoms with Crippen LogP contribution in [0.1, 0.15) is 39.4 Å². The number of alkyl carbamates (subject to hydrolysis) is 1. The number of ether oxygens (including phenoxy) is 8. The van der Waals surface area contributed by atoms with Gasteiger partial charge in [0.05, 0.1) is 89.5 Å². The van der Waals surface area contributed by atoms with Gasteiger partial charge in [-0.3, -0.25) is 0 Å². The van der Waals surface area contributed by atoms with E-state index in [1.807, 2.05) is 24.3 Å². The Bertz CT molecular complexity index is 1830. The van der Waals surface area contributed by atoms with E-state index in [0.29, 0.717) is 91.3 Å². The quantitative estimate of drug-likeness (QED) is 0.0455. The first-order chi connectivity index (χ1) is 28.8. The van der Waals surface area contributed by atoms with E-state index in [-0.39, 0.29) is 37.0 Å². The molecule has 15 heteroatoms. The third-order valence-electron chi connectivity index (χ3n) is 9.02. The molecule has 318 valence electrons. The van der Waals surface area contributed by atoms with Crippen molar-refractivity contribution in [1.82, 2.24) is 5.32 Å². The molecule has 1 aliphatic carbocycles. The van der Waals surface area contributed by atoms with Crippen LogP contribution in [-0.2, 0) is 44.1 Å². The third kappa shape index (κ3) is 15.3. The Kier molecular flexibility index (Phi) is 18.9. The highest BCUT2D eigenvalue weighted by Gasteiger charge is 2.31. The van der Waals surface area contributed by atoms with Crippen LogP contribution < -0.4 is 10.6 Å². The van der Waals surface area contributed by atoms with Gasteiger partial charge in [0.2, 0.25) is 0 Å². The molecule has 1 amide bonds. The number of halogens is 3. The van der Waals surface area contributed by atoms with Crippen LogP contribution in [0, 0.1) is 0 Å². The maximum absolute atomic E-state index is 13.1. The Hall–Kier alpha value is -5.03. The van der Waals surface area contributed by atoms with E-state index in [4.69, 9.17) is 37.9 Å². The van der Waals surface area contributed by atoms with Crippen molar-refractivity contribution in [1.29, 1.82) is 0 Å². The molecule has 4 aromatic carbocycles. The number of hydrogen-bond acceptors (Lipinski definition) is 11. The second-order valence-corrected chi connectivity index (χ2v) is 13.2. The molecule has 0 fully saturated rings. The van der Waals surface area contributed by atoms with Crippen LogP contribution >= 0.6 is 0 Å². The topological polar surface area (TPSA) is 132 Å². The van der Waals surface area contributed by atoms with Crippen LogP contribution in [0.4, 0.5) is 29.3 Å². The molecular weight excluding hydrogens is 773 g/mol. The van der Waals surface area contributed by atoms with Crippen LogP contribution in [0.25, 0.3) is 11.1 Å². The van der Waals surface area contributed by atoms with E-state index >= 15 is 0 Å². The van der Waals surface area contributed by atoms with E-state index in [0.717, 1.165) is 12.1 Å². The van der Waals surface area contributed by atoms with E-state index in [2.05, 4.69) is 34.9 Å². The maximum Gasteiger partial charge on any atom is 0.416 e. The van der Waals surface area contributed by atoms with Gasteiger partial charge in [-0.2, -0.15) is 13.2 Å². The predicted molar refractivity (Wildman–Crippen MR) is 214 cm³/mol. The first-order valence-corrected chi connectivity index (χ1v) is 19.6.